The number of nitrogens with two attached hydrogens (primary N) is 1. The quantitative estimate of drug-likeness (QED) is 0.869. The molecule has 2 N–H and O–H groups in total. The van der Waals surface area contributed by atoms with Crippen LogP contribution in [0.3, 0.4) is 0 Å². The van der Waals surface area contributed by atoms with E-state index in [2.05, 4.69) is 22.1 Å². The minimum atomic E-state index is -0.545. The number of primary amides is 1. The highest BCUT2D eigenvalue weighted by molar-refractivity contribution is 5.92. The summed E-state index contributed by atoms with van der Waals surface area (Å²) < 4.78 is 3.70. The van der Waals surface area contributed by atoms with Crippen molar-refractivity contribution in [1.29, 1.82) is 0 Å². The summed E-state index contributed by atoms with van der Waals surface area (Å²) >= 11 is 0. The smallest absolute Gasteiger partial charge is 0.288 e. The maximum atomic E-state index is 11.4. The molecule has 1 unspecified atom stereocenters. The molecule has 4 rings (SSSR count). The van der Waals surface area contributed by atoms with Gasteiger partial charge in [-0.2, -0.15) is 5.10 Å². The lowest BCUT2D eigenvalue weighted by Crippen LogP contribution is -2.25. The number of nitrogens with zero attached hydrogens (tertiary/aromatic N) is 6. The van der Waals surface area contributed by atoms with Crippen LogP contribution in [0.2, 0.25) is 0 Å². The molecule has 134 valence electrons. The SMILES string of the molecule is CCC1CCc2nc(C(N)=O)nn21.CN1C(=O)CCCn2nccc21. The van der Waals surface area contributed by atoms with E-state index in [9.17, 15) is 9.59 Å². The third-order valence-electron chi connectivity index (χ3n) is 4.61. The van der Waals surface area contributed by atoms with Crippen LogP contribution in [-0.4, -0.2) is 43.4 Å². The number of hydrogen-bond acceptors (Lipinski definition) is 5. The summed E-state index contributed by atoms with van der Waals surface area (Å²) in [6.45, 7) is 2.95. The van der Waals surface area contributed by atoms with Crippen molar-refractivity contribution in [2.75, 3.05) is 11.9 Å². The molecule has 2 amide bonds. The van der Waals surface area contributed by atoms with Crippen LogP contribution < -0.4 is 10.6 Å². The maximum Gasteiger partial charge on any atom is 0.288 e. The van der Waals surface area contributed by atoms with Gasteiger partial charge in [-0.05, 0) is 19.3 Å². The number of anilines is 1. The maximum absolute atomic E-state index is 11.4. The zero-order chi connectivity index (χ0) is 18.0. The number of fused-ring (bicyclic) bond motifs is 2. The monoisotopic (exact) mass is 345 g/mol. The van der Waals surface area contributed by atoms with Crippen LogP contribution in [0.1, 0.15) is 55.1 Å². The summed E-state index contributed by atoms with van der Waals surface area (Å²) in [5.74, 6) is 1.57. The van der Waals surface area contributed by atoms with Gasteiger partial charge in [0.1, 0.15) is 11.6 Å². The Kier molecular flexibility index (Phi) is 4.82. The van der Waals surface area contributed by atoms with Crippen LogP contribution in [0.25, 0.3) is 0 Å². The zero-order valence-corrected chi connectivity index (χ0v) is 14.6. The van der Waals surface area contributed by atoms with Gasteiger partial charge >= 0.3 is 0 Å². The fourth-order valence-corrected chi connectivity index (χ4v) is 3.18. The highest BCUT2D eigenvalue weighted by Gasteiger charge is 2.25. The van der Waals surface area contributed by atoms with E-state index in [4.69, 9.17) is 5.73 Å². The minimum Gasteiger partial charge on any atom is -0.363 e. The number of hydrogen-bond donors (Lipinski definition) is 1. The Labute approximate surface area is 145 Å². The van der Waals surface area contributed by atoms with Crippen LogP contribution in [0, 0.1) is 0 Å². The van der Waals surface area contributed by atoms with Gasteiger partial charge in [0.15, 0.2) is 0 Å². The summed E-state index contributed by atoms with van der Waals surface area (Å²) in [6.07, 6.45) is 6.24. The summed E-state index contributed by atoms with van der Waals surface area (Å²) in [4.78, 5) is 27.9. The summed E-state index contributed by atoms with van der Waals surface area (Å²) in [5, 5.41) is 8.20. The van der Waals surface area contributed by atoms with Gasteiger partial charge in [-0.1, -0.05) is 6.92 Å². The lowest BCUT2D eigenvalue weighted by molar-refractivity contribution is -0.118. The van der Waals surface area contributed by atoms with Crippen LogP contribution in [-0.2, 0) is 17.8 Å². The summed E-state index contributed by atoms with van der Waals surface area (Å²) in [6, 6.07) is 2.26. The molecule has 0 aliphatic carbocycles. The van der Waals surface area contributed by atoms with Crippen LogP contribution in [0.5, 0.6) is 0 Å². The third-order valence-corrected chi connectivity index (χ3v) is 4.61. The molecule has 2 aliphatic rings. The van der Waals surface area contributed by atoms with Crippen LogP contribution >= 0.6 is 0 Å². The fraction of sp³-hybridized carbons (Fsp3) is 0.562. The predicted octanol–water partition coefficient (Wildman–Crippen LogP) is 0.914. The third kappa shape index (κ3) is 3.40. The first-order valence-electron chi connectivity index (χ1n) is 8.54. The van der Waals surface area contributed by atoms with Gasteiger partial charge in [-0.15, -0.1) is 5.10 Å². The Morgan fingerprint density at radius 2 is 2.20 bits per heavy atom. The second-order valence-corrected chi connectivity index (χ2v) is 6.23. The minimum absolute atomic E-state index is 0.146. The largest absolute Gasteiger partial charge is 0.363 e. The van der Waals surface area contributed by atoms with Crippen molar-refractivity contribution >= 4 is 17.6 Å². The van der Waals surface area contributed by atoms with Crippen LogP contribution in [0.4, 0.5) is 5.82 Å². The molecule has 9 nitrogen and oxygen atoms in total. The molecule has 0 saturated heterocycles. The van der Waals surface area contributed by atoms with Gasteiger partial charge < -0.3 is 10.6 Å². The molecular weight excluding hydrogens is 322 g/mol. The predicted molar refractivity (Wildman–Crippen MR) is 91.1 cm³/mol. The van der Waals surface area contributed by atoms with Crippen molar-refractivity contribution < 1.29 is 9.59 Å². The average Bonchev–Trinajstić information content (AvgIpc) is 3.28. The first-order valence-corrected chi connectivity index (χ1v) is 8.54. The highest BCUT2D eigenvalue weighted by atomic mass is 16.2. The van der Waals surface area contributed by atoms with Gasteiger partial charge in [0.05, 0.1) is 12.2 Å². The zero-order valence-electron chi connectivity index (χ0n) is 14.6. The average molecular weight is 345 g/mol. The van der Waals surface area contributed by atoms with Crippen molar-refractivity contribution in [3.05, 3.63) is 23.9 Å². The number of carbonyl (C=O) groups is 2. The van der Waals surface area contributed by atoms with Gasteiger partial charge in [0, 0.05) is 32.5 Å². The molecule has 0 aromatic carbocycles. The van der Waals surface area contributed by atoms with Crippen molar-refractivity contribution in [3.8, 4) is 0 Å². The Morgan fingerprint density at radius 1 is 1.40 bits per heavy atom. The normalized spacial score (nSPS) is 18.9. The van der Waals surface area contributed by atoms with Gasteiger partial charge in [-0.3, -0.25) is 9.59 Å². The lowest BCUT2D eigenvalue weighted by Gasteiger charge is -2.13. The molecule has 2 aromatic rings. The second kappa shape index (κ2) is 7.04. The van der Waals surface area contributed by atoms with Crippen LogP contribution in [0.15, 0.2) is 12.3 Å². The first-order chi connectivity index (χ1) is 12.0. The molecule has 4 heterocycles. The molecule has 2 aromatic heterocycles. The lowest BCUT2D eigenvalue weighted by atomic mass is 10.2. The molecule has 25 heavy (non-hydrogen) atoms. The number of carbonyl (C=O) groups excluding carboxylic acids is 2. The number of aryl methyl sites for hydroxylation is 2. The molecule has 1 atom stereocenters. The van der Waals surface area contributed by atoms with Gasteiger partial charge in [0.2, 0.25) is 11.7 Å². The van der Waals surface area contributed by atoms with Crippen molar-refractivity contribution in [1.82, 2.24) is 24.5 Å². The topological polar surface area (TPSA) is 112 Å². The Morgan fingerprint density at radius 3 is 2.92 bits per heavy atom. The molecule has 0 radical (unpaired) electrons. The molecule has 0 bridgehead atoms. The standard InChI is InChI=1S/C8H12N4O.C8H11N3O/c1-2-5-3-4-6-10-8(7(9)13)11-12(5)6;1-10-7-4-5-9-11(7)6-2-3-8(10)12/h5H,2-4H2,1H3,(H2,9,13);4-5H,2-3,6H2,1H3. The molecule has 0 fully saturated rings. The molecule has 0 spiro atoms. The van der Waals surface area contributed by atoms with Gasteiger partial charge in [0.25, 0.3) is 5.91 Å². The van der Waals surface area contributed by atoms with E-state index in [0.29, 0.717) is 12.5 Å². The number of rotatable bonds is 2. The second-order valence-electron chi connectivity index (χ2n) is 6.23. The van der Waals surface area contributed by atoms with E-state index in [1.807, 2.05) is 15.4 Å². The number of aromatic nitrogens is 5. The van der Waals surface area contributed by atoms with E-state index in [0.717, 1.165) is 43.9 Å². The molecule has 9 heteroatoms. The molecular formula is C16H23N7O2. The first kappa shape index (κ1) is 17.1. The van der Waals surface area contributed by atoms with E-state index < -0.39 is 5.91 Å². The Balaban J connectivity index is 0.000000146. The fourth-order valence-electron chi connectivity index (χ4n) is 3.18. The Bertz CT molecular complexity index is 779. The number of amides is 2. The highest BCUT2D eigenvalue weighted by Crippen LogP contribution is 2.26. The van der Waals surface area contributed by atoms with Crippen molar-refractivity contribution in [2.24, 2.45) is 5.73 Å². The molecule has 2 aliphatic heterocycles. The van der Waals surface area contributed by atoms with E-state index >= 15 is 0 Å². The van der Waals surface area contributed by atoms with Crippen molar-refractivity contribution in [3.63, 3.8) is 0 Å². The van der Waals surface area contributed by atoms with Crippen molar-refractivity contribution in [2.45, 2.75) is 51.6 Å². The summed E-state index contributed by atoms with van der Waals surface area (Å²) in [5.41, 5.74) is 5.08. The Hall–Kier alpha value is -2.71. The molecule has 0 saturated carbocycles. The van der Waals surface area contributed by atoms with E-state index in [-0.39, 0.29) is 11.7 Å². The van der Waals surface area contributed by atoms with Gasteiger partial charge in [-0.25, -0.2) is 14.3 Å². The summed E-state index contributed by atoms with van der Waals surface area (Å²) in [7, 11) is 1.79. The van der Waals surface area contributed by atoms with E-state index in [1.165, 1.54) is 0 Å². The van der Waals surface area contributed by atoms with E-state index in [1.54, 1.807) is 18.1 Å².